The van der Waals surface area contributed by atoms with Crippen LogP contribution in [0.15, 0.2) is 24.3 Å². The van der Waals surface area contributed by atoms with E-state index in [1.165, 1.54) is 0 Å². The maximum absolute atomic E-state index is 12.9. The maximum atomic E-state index is 12.9. The van der Waals surface area contributed by atoms with Crippen molar-refractivity contribution in [3.63, 3.8) is 0 Å². The molecule has 0 aliphatic carbocycles. The minimum absolute atomic E-state index is 0.361. The van der Waals surface area contributed by atoms with Gasteiger partial charge in [0.1, 0.15) is 12.1 Å². The van der Waals surface area contributed by atoms with Crippen LogP contribution in [0.1, 0.15) is 29.4 Å². The first-order chi connectivity index (χ1) is 12.6. The lowest BCUT2D eigenvalue weighted by Gasteiger charge is -2.22. The van der Waals surface area contributed by atoms with Gasteiger partial charge in [-0.25, -0.2) is 4.79 Å². The molecule has 1 aromatic carbocycles. The number of carbonyl (C=O) groups excluding carboxylic acids is 3. The molecule has 1 atom stereocenters. The molecule has 1 aromatic heterocycles. The summed E-state index contributed by atoms with van der Waals surface area (Å²) in [4.78, 5) is 38.6. The molecule has 4 amide bonds. The van der Waals surface area contributed by atoms with Crippen LogP contribution in [-0.2, 0) is 22.2 Å². The van der Waals surface area contributed by atoms with Gasteiger partial charge < -0.3 is 10.6 Å². The molecule has 8 nitrogen and oxygen atoms in total. The quantitative estimate of drug-likeness (QED) is 0.803. The number of hydrogen-bond acceptors (Lipinski definition) is 4. The van der Waals surface area contributed by atoms with Gasteiger partial charge in [-0.3, -0.25) is 19.2 Å². The fourth-order valence-electron chi connectivity index (χ4n) is 3.20. The van der Waals surface area contributed by atoms with E-state index in [0.29, 0.717) is 16.9 Å². The molecule has 1 saturated heterocycles. The molecule has 0 unspecified atom stereocenters. The lowest BCUT2D eigenvalue weighted by atomic mass is 9.91. The predicted octanol–water partition coefficient (Wildman–Crippen LogP) is 1.75. The summed E-state index contributed by atoms with van der Waals surface area (Å²) in [5.74, 6) is -0.906. The summed E-state index contributed by atoms with van der Waals surface area (Å²) in [6.45, 7) is 6.84. The minimum Gasteiger partial charge on any atom is -0.321 e. The van der Waals surface area contributed by atoms with E-state index in [1.807, 2.05) is 26.0 Å². The van der Waals surface area contributed by atoms with Crippen molar-refractivity contribution in [3.05, 3.63) is 46.8 Å². The van der Waals surface area contributed by atoms with E-state index in [1.54, 1.807) is 37.7 Å². The number of aryl methyl sites for hydroxylation is 3. The van der Waals surface area contributed by atoms with Crippen LogP contribution >= 0.6 is 0 Å². The monoisotopic (exact) mass is 369 g/mol. The van der Waals surface area contributed by atoms with Crippen molar-refractivity contribution in [2.24, 2.45) is 7.05 Å². The van der Waals surface area contributed by atoms with E-state index >= 15 is 0 Å². The van der Waals surface area contributed by atoms with Crippen molar-refractivity contribution in [2.45, 2.75) is 33.2 Å². The highest BCUT2D eigenvalue weighted by Gasteiger charge is 2.49. The molecule has 1 aliphatic rings. The summed E-state index contributed by atoms with van der Waals surface area (Å²) < 4.78 is 1.66. The van der Waals surface area contributed by atoms with Crippen LogP contribution in [-0.4, -0.2) is 39.1 Å². The molecule has 27 heavy (non-hydrogen) atoms. The second-order valence-corrected chi connectivity index (χ2v) is 7.03. The maximum Gasteiger partial charge on any atom is 0.325 e. The zero-order valence-corrected chi connectivity index (χ0v) is 16.1. The Bertz CT molecular complexity index is 932. The number of amides is 4. The average Bonchev–Trinajstić information content (AvgIpc) is 2.97. The largest absolute Gasteiger partial charge is 0.325 e. The van der Waals surface area contributed by atoms with Crippen molar-refractivity contribution in [1.82, 2.24) is 20.0 Å². The third-order valence-corrected chi connectivity index (χ3v) is 4.98. The number of nitrogens with one attached hydrogen (secondary N) is 2. The van der Waals surface area contributed by atoms with Crippen LogP contribution in [0, 0.1) is 20.8 Å². The highest BCUT2D eigenvalue weighted by atomic mass is 16.2. The van der Waals surface area contributed by atoms with Gasteiger partial charge in [0.25, 0.3) is 5.91 Å². The van der Waals surface area contributed by atoms with Gasteiger partial charge in [0.2, 0.25) is 5.91 Å². The highest BCUT2D eigenvalue weighted by Crippen LogP contribution is 2.29. The lowest BCUT2D eigenvalue weighted by molar-refractivity contribution is -0.133. The summed E-state index contributed by atoms with van der Waals surface area (Å²) in [6.07, 6.45) is 0. The molecule has 0 saturated carbocycles. The summed E-state index contributed by atoms with van der Waals surface area (Å²) in [6, 6.07) is 6.78. The number of benzene rings is 1. The van der Waals surface area contributed by atoms with Crippen LogP contribution in [0.3, 0.4) is 0 Å². The van der Waals surface area contributed by atoms with Crippen LogP contribution in [0.5, 0.6) is 0 Å². The third kappa shape index (κ3) is 3.18. The van der Waals surface area contributed by atoms with Crippen molar-refractivity contribution >= 4 is 23.5 Å². The Morgan fingerprint density at radius 3 is 2.37 bits per heavy atom. The first-order valence-corrected chi connectivity index (χ1v) is 8.65. The van der Waals surface area contributed by atoms with Gasteiger partial charge >= 0.3 is 6.03 Å². The van der Waals surface area contributed by atoms with Gasteiger partial charge in [-0.05, 0) is 33.3 Å². The van der Waals surface area contributed by atoms with Crippen LogP contribution in [0.25, 0.3) is 0 Å². The molecule has 0 bridgehead atoms. The topological polar surface area (TPSA) is 96.3 Å². The van der Waals surface area contributed by atoms with Crippen molar-refractivity contribution in [3.8, 4) is 0 Å². The molecule has 3 rings (SSSR count). The Kier molecular flexibility index (Phi) is 4.51. The molecule has 0 spiro atoms. The Labute approximate surface area is 157 Å². The average molecular weight is 369 g/mol. The van der Waals surface area contributed by atoms with Crippen LogP contribution in [0.4, 0.5) is 10.5 Å². The molecule has 0 radical (unpaired) electrons. The summed E-state index contributed by atoms with van der Waals surface area (Å²) in [5.41, 5.74) is 2.60. The predicted molar refractivity (Wildman–Crippen MR) is 100 cm³/mol. The second kappa shape index (κ2) is 6.53. The Balaban J connectivity index is 1.77. The fourth-order valence-corrected chi connectivity index (χ4v) is 3.20. The van der Waals surface area contributed by atoms with E-state index in [0.717, 1.165) is 16.2 Å². The number of rotatable bonds is 4. The normalized spacial score (nSPS) is 19.4. The van der Waals surface area contributed by atoms with Crippen LogP contribution < -0.4 is 10.6 Å². The van der Waals surface area contributed by atoms with E-state index in [9.17, 15) is 14.4 Å². The standard InChI is InChI=1S/C19H23N5O3/c1-11-6-8-14(9-7-11)19(4)17(26)24(18(27)21-19)10-15(25)20-16-12(2)22-23(5)13(16)3/h6-9H,10H2,1-5H3,(H,20,25)(H,21,27)/t19-/m0/s1. The van der Waals surface area contributed by atoms with Gasteiger partial charge in [-0.2, -0.15) is 5.10 Å². The Morgan fingerprint density at radius 2 is 1.81 bits per heavy atom. The van der Waals surface area contributed by atoms with Crippen molar-refractivity contribution in [1.29, 1.82) is 0 Å². The molecule has 142 valence electrons. The molecule has 2 aromatic rings. The first-order valence-electron chi connectivity index (χ1n) is 8.65. The van der Waals surface area contributed by atoms with E-state index < -0.39 is 23.4 Å². The summed E-state index contributed by atoms with van der Waals surface area (Å²) in [5, 5.41) is 9.69. The minimum atomic E-state index is -1.19. The summed E-state index contributed by atoms with van der Waals surface area (Å²) >= 11 is 0. The molecule has 2 N–H and O–H groups in total. The van der Waals surface area contributed by atoms with Gasteiger partial charge in [0.15, 0.2) is 0 Å². The van der Waals surface area contributed by atoms with Gasteiger partial charge in [0, 0.05) is 7.05 Å². The van der Waals surface area contributed by atoms with E-state index in [4.69, 9.17) is 0 Å². The van der Waals surface area contributed by atoms with Crippen molar-refractivity contribution in [2.75, 3.05) is 11.9 Å². The summed E-state index contributed by atoms with van der Waals surface area (Å²) in [7, 11) is 1.78. The molecular formula is C19H23N5O3. The van der Waals surface area contributed by atoms with Crippen molar-refractivity contribution < 1.29 is 14.4 Å². The fraction of sp³-hybridized carbons (Fsp3) is 0.368. The number of hydrogen-bond donors (Lipinski definition) is 2. The zero-order chi connectivity index (χ0) is 19.9. The number of urea groups is 1. The molecule has 1 fully saturated rings. The number of aromatic nitrogens is 2. The van der Waals surface area contributed by atoms with Gasteiger partial charge in [0.05, 0.1) is 17.1 Å². The first kappa shape index (κ1) is 18.6. The molecular weight excluding hydrogens is 346 g/mol. The van der Waals surface area contributed by atoms with Gasteiger partial charge in [-0.1, -0.05) is 29.8 Å². The molecule has 1 aliphatic heterocycles. The number of imide groups is 1. The molecule has 8 heteroatoms. The third-order valence-electron chi connectivity index (χ3n) is 4.98. The number of anilines is 1. The van der Waals surface area contributed by atoms with Crippen LogP contribution in [0.2, 0.25) is 0 Å². The van der Waals surface area contributed by atoms with E-state index in [2.05, 4.69) is 15.7 Å². The second-order valence-electron chi connectivity index (χ2n) is 7.03. The van der Waals surface area contributed by atoms with E-state index in [-0.39, 0.29) is 6.54 Å². The highest BCUT2D eigenvalue weighted by molar-refractivity contribution is 6.10. The molecule has 2 heterocycles. The Hall–Kier alpha value is -3.16. The Morgan fingerprint density at radius 1 is 1.19 bits per heavy atom. The number of carbonyl (C=O) groups is 3. The smallest absolute Gasteiger partial charge is 0.321 e. The number of nitrogens with zero attached hydrogens (tertiary/aromatic N) is 3. The lowest BCUT2D eigenvalue weighted by Crippen LogP contribution is -2.42. The SMILES string of the molecule is Cc1ccc([C@]2(C)NC(=O)N(CC(=O)Nc3c(C)nn(C)c3C)C2=O)cc1. The van der Waals surface area contributed by atoms with Gasteiger partial charge in [-0.15, -0.1) is 0 Å². The zero-order valence-electron chi connectivity index (χ0n) is 16.1.